The molecule has 0 bridgehead atoms. The van der Waals surface area contributed by atoms with Crippen LogP contribution in [0.1, 0.15) is 61.3 Å². The van der Waals surface area contributed by atoms with E-state index in [0.717, 1.165) is 18.8 Å². The second kappa shape index (κ2) is 5.61. The van der Waals surface area contributed by atoms with Crippen LogP contribution in [0.4, 0.5) is 0 Å². The van der Waals surface area contributed by atoms with Gasteiger partial charge >= 0.3 is 11.9 Å². The van der Waals surface area contributed by atoms with Crippen molar-refractivity contribution in [1.82, 2.24) is 0 Å². The van der Waals surface area contributed by atoms with Crippen LogP contribution in [0.2, 0.25) is 0 Å². The van der Waals surface area contributed by atoms with Crippen LogP contribution in [0.3, 0.4) is 0 Å². The number of ether oxygens (including phenoxy) is 2. The van der Waals surface area contributed by atoms with E-state index in [4.69, 9.17) is 9.47 Å². The molecular formula is C20H26O4. The molecule has 0 spiro atoms. The molecule has 24 heavy (non-hydrogen) atoms. The summed E-state index contributed by atoms with van der Waals surface area (Å²) in [7, 11) is 1.31. The topological polar surface area (TPSA) is 52.6 Å². The third-order valence-electron chi connectivity index (χ3n) is 6.44. The summed E-state index contributed by atoms with van der Waals surface area (Å²) in [6.07, 6.45) is 1.97. The van der Waals surface area contributed by atoms with Crippen LogP contribution in [-0.4, -0.2) is 24.6 Å². The van der Waals surface area contributed by atoms with Gasteiger partial charge in [0, 0.05) is 0 Å². The third kappa shape index (κ3) is 2.62. The number of rotatable bonds is 3. The predicted octanol–water partition coefficient (Wildman–Crippen LogP) is 4.09. The zero-order chi connectivity index (χ0) is 17.7. The lowest BCUT2D eigenvalue weighted by Crippen LogP contribution is -2.42. The van der Waals surface area contributed by atoms with Gasteiger partial charge in [-0.05, 0) is 55.1 Å². The lowest BCUT2D eigenvalue weighted by molar-refractivity contribution is -0.0577. The Balaban J connectivity index is 1.81. The second-order valence-corrected chi connectivity index (χ2v) is 8.11. The molecule has 0 N–H and O–H groups in total. The van der Waals surface area contributed by atoms with Gasteiger partial charge in [-0.3, -0.25) is 0 Å². The summed E-state index contributed by atoms with van der Waals surface area (Å²) in [5.41, 5.74) is 0.383. The van der Waals surface area contributed by atoms with Crippen molar-refractivity contribution in [3.63, 3.8) is 0 Å². The first-order chi connectivity index (χ1) is 11.2. The van der Waals surface area contributed by atoms with E-state index in [1.807, 2.05) is 6.92 Å². The highest BCUT2D eigenvalue weighted by Gasteiger charge is 2.64. The highest BCUT2D eigenvalue weighted by molar-refractivity contribution is 6.03. The number of benzene rings is 1. The monoisotopic (exact) mass is 330 g/mol. The molecule has 4 atom stereocenters. The van der Waals surface area contributed by atoms with E-state index in [9.17, 15) is 9.59 Å². The van der Waals surface area contributed by atoms with Crippen LogP contribution in [0.25, 0.3) is 0 Å². The molecule has 0 aliphatic heterocycles. The van der Waals surface area contributed by atoms with E-state index in [0.29, 0.717) is 17.3 Å². The van der Waals surface area contributed by atoms with Gasteiger partial charge in [0.05, 0.1) is 18.2 Å². The van der Waals surface area contributed by atoms with E-state index in [1.54, 1.807) is 24.3 Å². The summed E-state index contributed by atoms with van der Waals surface area (Å²) in [6.45, 7) is 8.79. The molecule has 0 radical (unpaired) electrons. The third-order valence-corrected chi connectivity index (χ3v) is 6.44. The van der Waals surface area contributed by atoms with E-state index >= 15 is 0 Å². The van der Waals surface area contributed by atoms with Gasteiger partial charge in [0.2, 0.25) is 0 Å². The van der Waals surface area contributed by atoms with E-state index in [1.165, 1.54) is 7.11 Å². The van der Waals surface area contributed by atoms with Crippen molar-refractivity contribution in [3.8, 4) is 0 Å². The molecule has 2 aliphatic carbocycles. The standard InChI is InChI=1S/C20H26O4/c1-12-10-15-16(19(15,2)3)11-20(12,4)24-18(22)14-9-7-6-8-13(14)17(21)23-5/h6-9,12,15-16H,10-11H2,1-5H3. The van der Waals surface area contributed by atoms with Crippen LogP contribution in [0.15, 0.2) is 24.3 Å². The smallest absolute Gasteiger partial charge is 0.339 e. The lowest BCUT2D eigenvalue weighted by Gasteiger charge is -2.38. The van der Waals surface area contributed by atoms with Crippen molar-refractivity contribution in [2.75, 3.05) is 7.11 Å². The van der Waals surface area contributed by atoms with E-state index < -0.39 is 17.5 Å². The molecule has 4 heteroatoms. The molecule has 2 aliphatic rings. The van der Waals surface area contributed by atoms with Gasteiger partial charge in [0.25, 0.3) is 0 Å². The van der Waals surface area contributed by atoms with Gasteiger partial charge in [0.1, 0.15) is 5.60 Å². The molecule has 4 nitrogen and oxygen atoms in total. The Labute approximate surface area is 143 Å². The van der Waals surface area contributed by atoms with Crippen LogP contribution >= 0.6 is 0 Å². The average molecular weight is 330 g/mol. The Morgan fingerprint density at radius 3 is 2.21 bits per heavy atom. The van der Waals surface area contributed by atoms with Gasteiger partial charge in [-0.15, -0.1) is 0 Å². The number of methoxy groups -OCH3 is 1. The molecule has 1 aromatic rings. The van der Waals surface area contributed by atoms with Crippen molar-refractivity contribution >= 4 is 11.9 Å². The van der Waals surface area contributed by atoms with Crippen LogP contribution in [0, 0.1) is 23.2 Å². The summed E-state index contributed by atoms with van der Waals surface area (Å²) < 4.78 is 10.7. The number of fused-ring (bicyclic) bond motifs is 1. The minimum Gasteiger partial charge on any atom is -0.465 e. The summed E-state index contributed by atoms with van der Waals surface area (Å²) in [6, 6.07) is 6.66. The molecule has 0 aromatic heterocycles. The molecule has 1 aromatic carbocycles. The highest BCUT2D eigenvalue weighted by atomic mass is 16.6. The Bertz CT molecular complexity index is 678. The number of hydrogen-bond donors (Lipinski definition) is 0. The molecular weight excluding hydrogens is 304 g/mol. The summed E-state index contributed by atoms with van der Waals surface area (Å²) in [5, 5.41) is 0. The maximum Gasteiger partial charge on any atom is 0.339 e. The molecule has 0 amide bonds. The van der Waals surface area contributed by atoms with Gasteiger partial charge in [-0.2, -0.15) is 0 Å². The average Bonchev–Trinajstić information content (AvgIpc) is 3.06. The Morgan fingerprint density at radius 1 is 1.04 bits per heavy atom. The van der Waals surface area contributed by atoms with Gasteiger partial charge in [-0.25, -0.2) is 9.59 Å². The Kier molecular flexibility index (Phi) is 3.97. The van der Waals surface area contributed by atoms with Gasteiger partial charge < -0.3 is 9.47 Å². The van der Waals surface area contributed by atoms with Crippen LogP contribution < -0.4 is 0 Å². The van der Waals surface area contributed by atoms with Gasteiger partial charge in [-0.1, -0.05) is 32.9 Å². The van der Waals surface area contributed by atoms with Crippen molar-refractivity contribution in [2.24, 2.45) is 23.2 Å². The fraction of sp³-hybridized carbons (Fsp3) is 0.600. The summed E-state index contributed by atoms with van der Waals surface area (Å²) in [4.78, 5) is 24.6. The zero-order valence-corrected chi connectivity index (χ0v) is 15.1. The summed E-state index contributed by atoms with van der Waals surface area (Å²) in [5.74, 6) is 0.689. The molecule has 130 valence electrons. The van der Waals surface area contributed by atoms with Crippen molar-refractivity contribution in [3.05, 3.63) is 35.4 Å². The predicted molar refractivity (Wildman–Crippen MR) is 90.8 cm³/mol. The van der Waals surface area contributed by atoms with Crippen LogP contribution in [-0.2, 0) is 9.47 Å². The first-order valence-corrected chi connectivity index (χ1v) is 8.61. The van der Waals surface area contributed by atoms with E-state index in [2.05, 4.69) is 20.8 Å². The van der Waals surface area contributed by atoms with Crippen LogP contribution in [0.5, 0.6) is 0 Å². The quantitative estimate of drug-likeness (QED) is 0.783. The first-order valence-electron chi connectivity index (χ1n) is 8.61. The Hall–Kier alpha value is -1.84. The Morgan fingerprint density at radius 2 is 1.62 bits per heavy atom. The second-order valence-electron chi connectivity index (χ2n) is 8.11. The van der Waals surface area contributed by atoms with E-state index in [-0.39, 0.29) is 11.1 Å². The van der Waals surface area contributed by atoms with Gasteiger partial charge in [0.15, 0.2) is 0 Å². The largest absolute Gasteiger partial charge is 0.465 e. The first kappa shape index (κ1) is 17.0. The molecule has 4 unspecified atom stereocenters. The maximum atomic E-state index is 12.8. The normalized spacial score (nSPS) is 33.3. The number of esters is 2. The molecule has 2 fully saturated rings. The maximum absolute atomic E-state index is 12.8. The zero-order valence-electron chi connectivity index (χ0n) is 15.1. The molecule has 3 rings (SSSR count). The lowest BCUT2D eigenvalue weighted by atomic mass is 9.77. The number of carbonyl (C=O) groups excluding carboxylic acids is 2. The highest BCUT2D eigenvalue weighted by Crippen LogP contribution is 2.68. The van der Waals surface area contributed by atoms with Crippen molar-refractivity contribution in [1.29, 1.82) is 0 Å². The minimum atomic E-state index is -0.521. The van der Waals surface area contributed by atoms with Crippen molar-refractivity contribution in [2.45, 2.75) is 46.1 Å². The molecule has 2 saturated carbocycles. The SMILES string of the molecule is COC(=O)c1ccccc1C(=O)OC1(C)CC2C(CC1C)C2(C)C. The fourth-order valence-electron chi connectivity index (χ4n) is 4.36. The van der Waals surface area contributed by atoms with Crippen molar-refractivity contribution < 1.29 is 19.1 Å². The molecule has 0 saturated heterocycles. The summed E-state index contributed by atoms with van der Waals surface area (Å²) >= 11 is 0. The minimum absolute atomic E-state index is 0.252. The molecule has 0 heterocycles. The fourth-order valence-corrected chi connectivity index (χ4v) is 4.36. The number of carbonyl (C=O) groups is 2. The number of hydrogen-bond acceptors (Lipinski definition) is 4.